The van der Waals surface area contributed by atoms with Gasteiger partial charge in [-0.2, -0.15) is 0 Å². The Hall–Kier alpha value is -1.65. The molecule has 0 aliphatic carbocycles. The second-order valence-corrected chi connectivity index (χ2v) is 5.41. The van der Waals surface area contributed by atoms with Crippen LogP contribution in [0.25, 0.3) is 0 Å². The minimum absolute atomic E-state index is 0.437. The quantitative estimate of drug-likeness (QED) is 0.556. The lowest BCUT2D eigenvalue weighted by molar-refractivity contribution is 0.0886. The van der Waals surface area contributed by atoms with Crippen LogP contribution in [0, 0.1) is 6.92 Å². The summed E-state index contributed by atoms with van der Waals surface area (Å²) in [5.41, 5.74) is 2.68. The largest absolute Gasteiger partial charge is 0.490 e. The molecule has 4 heteroatoms. The van der Waals surface area contributed by atoms with E-state index in [0.717, 1.165) is 17.4 Å². The number of ether oxygens (including phenoxy) is 2. The molecule has 0 aromatic heterocycles. The van der Waals surface area contributed by atoms with Gasteiger partial charge in [-0.3, -0.25) is 4.79 Å². The summed E-state index contributed by atoms with van der Waals surface area (Å²) in [6.45, 7) is 3.39. The first-order valence-corrected chi connectivity index (χ1v) is 7.50. The Balaban J connectivity index is 1.80. The van der Waals surface area contributed by atoms with Crippen molar-refractivity contribution in [3.8, 4) is 5.75 Å². The van der Waals surface area contributed by atoms with Crippen molar-refractivity contribution in [2.75, 3.05) is 13.2 Å². The molecule has 0 saturated heterocycles. The van der Waals surface area contributed by atoms with E-state index in [4.69, 9.17) is 9.47 Å². The molecule has 0 aliphatic heterocycles. The molecule has 0 fully saturated rings. The monoisotopic (exact) mass is 348 g/mol. The van der Waals surface area contributed by atoms with E-state index >= 15 is 0 Å². The third-order valence-electron chi connectivity index (χ3n) is 3.08. The highest BCUT2D eigenvalue weighted by Gasteiger charge is 2.09. The Kier molecular flexibility index (Phi) is 5.96. The van der Waals surface area contributed by atoms with Crippen LogP contribution in [0.15, 0.2) is 46.9 Å². The molecule has 0 aliphatic rings. The van der Waals surface area contributed by atoms with Gasteiger partial charge in [-0.1, -0.05) is 36.4 Å². The van der Waals surface area contributed by atoms with Crippen molar-refractivity contribution in [1.29, 1.82) is 0 Å². The molecule has 2 aromatic carbocycles. The van der Waals surface area contributed by atoms with E-state index in [-0.39, 0.29) is 0 Å². The Bertz CT molecular complexity index is 596. The molecule has 0 radical (unpaired) electrons. The summed E-state index contributed by atoms with van der Waals surface area (Å²) in [6.07, 6.45) is 0.832. The predicted molar refractivity (Wildman–Crippen MR) is 85.9 cm³/mol. The summed E-state index contributed by atoms with van der Waals surface area (Å²) in [4.78, 5) is 11.0. The van der Waals surface area contributed by atoms with Crippen LogP contribution >= 0.6 is 15.9 Å². The Morgan fingerprint density at radius 3 is 2.57 bits per heavy atom. The van der Waals surface area contributed by atoms with Crippen LogP contribution in [0.3, 0.4) is 0 Å². The van der Waals surface area contributed by atoms with E-state index in [1.54, 1.807) is 0 Å². The summed E-state index contributed by atoms with van der Waals surface area (Å²) < 4.78 is 11.9. The zero-order valence-electron chi connectivity index (χ0n) is 11.8. The molecule has 0 saturated carbocycles. The number of carbonyl (C=O) groups excluding carboxylic acids is 1. The molecule has 0 amide bonds. The van der Waals surface area contributed by atoms with Gasteiger partial charge in [0, 0.05) is 5.56 Å². The highest BCUT2D eigenvalue weighted by Crippen LogP contribution is 2.29. The van der Waals surface area contributed by atoms with Gasteiger partial charge in [-0.15, -0.1) is 0 Å². The van der Waals surface area contributed by atoms with Crippen molar-refractivity contribution in [3.63, 3.8) is 0 Å². The van der Waals surface area contributed by atoms with E-state index in [9.17, 15) is 4.79 Å². The smallest absolute Gasteiger partial charge is 0.151 e. The van der Waals surface area contributed by atoms with Crippen LogP contribution in [0.4, 0.5) is 0 Å². The highest BCUT2D eigenvalue weighted by atomic mass is 79.9. The van der Waals surface area contributed by atoms with E-state index in [1.807, 2.05) is 49.4 Å². The fourth-order valence-corrected chi connectivity index (χ4v) is 2.55. The maximum absolute atomic E-state index is 11.0. The second-order valence-electron chi connectivity index (χ2n) is 4.61. The van der Waals surface area contributed by atoms with E-state index in [0.29, 0.717) is 35.6 Å². The van der Waals surface area contributed by atoms with Crippen molar-refractivity contribution >= 4 is 22.2 Å². The zero-order valence-corrected chi connectivity index (χ0v) is 13.4. The predicted octanol–water partition coefficient (Wildman–Crippen LogP) is 4.17. The first-order valence-electron chi connectivity index (χ1n) is 6.71. The Labute approximate surface area is 133 Å². The standard InChI is InChI=1S/C17H17BrO3/c1-13-7-8-16(17(18)15(13)11-19)21-10-9-20-12-14-5-3-2-4-6-14/h2-8,11H,9-10,12H2,1H3. The summed E-state index contributed by atoms with van der Waals surface area (Å²) in [5, 5.41) is 0. The number of carbonyl (C=O) groups is 1. The number of aldehydes is 1. The lowest BCUT2D eigenvalue weighted by Crippen LogP contribution is -2.07. The molecule has 0 atom stereocenters. The van der Waals surface area contributed by atoms with Gasteiger partial charge in [0.2, 0.25) is 0 Å². The van der Waals surface area contributed by atoms with Gasteiger partial charge < -0.3 is 9.47 Å². The molecule has 0 N–H and O–H groups in total. The number of rotatable bonds is 7. The van der Waals surface area contributed by atoms with Gasteiger partial charge in [-0.25, -0.2) is 0 Å². The van der Waals surface area contributed by atoms with Crippen molar-refractivity contribution < 1.29 is 14.3 Å². The van der Waals surface area contributed by atoms with Crippen molar-refractivity contribution in [2.24, 2.45) is 0 Å². The average molecular weight is 349 g/mol. The van der Waals surface area contributed by atoms with Crippen LogP contribution in [0.1, 0.15) is 21.5 Å². The molecule has 21 heavy (non-hydrogen) atoms. The minimum atomic E-state index is 0.437. The maximum atomic E-state index is 11.0. The van der Waals surface area contributed by atoms with Crippen molar-refractivity contribution in [3.05, 3.63) is 63.6 Å². The molecule has 0 spiro atoms. The second kappa shape index (κ2) is 7.96. The molecule has 110 valence electrons. The molecule has 3 nitrogen and oxygen atoms in total. The maximum Gasteiger partial charge on any atom is 0.151 e. The lowest BCUT2D eigenvalue weighted by atomic mass is 10.1. The van der Waals surface area contributed by atoms with Crippen molar-refractivity contribution in [1.82, 2.24) is 0 Å². The normalized spacial score (nSPS) is 10.4. The number of aryl methyl sites for hydroxylation is 1. The molecule has 2 rings (SSSR count). The molecule has 2 aromatic rings. The summed E-state index contributed by atoms with van der Waals surface area (Å²) in [7, 11) is 0. The van der Waals surface area contributed by atoms with Crippen LogP contribution in [-0.2, 0) is 11.3 Å². The molecule has 0 bridgehead atoms. The molecular formula is C17H17BrO3. The van der Waals surface area contributed by atoms with Crippen LogP contribution < -0.4 is 4.74 Å². The fourth-order valence-electron chi connectivity index (χ4n) is 1.90. The van der Waals surface area contributed by atoms with Crippen molar-refractivity contribution in [2.45, 2.75) is 13.5 Å². The number of hydrogen-bond donors (Lipinski definition) is 0. The third-order valence-corrected chi connectivity index (χ3v) is 3.89. The number of hydrogen-bond acceptors (Lipinski definition) is 3. The topological polar surface area (TPSA) is 35.5 Å². The lowest BCUT2D eigenvalue weighted by Gasteiger charge is -2.11. The molecular weight excluding hydrogens is 332 g/mol. The molecule has 0 heterocycles. The first kappa shape index (κ1) is 15.7. The summed E-state index contributed by atoms with van der Waals surface area (Å²) >= 11 is 3.40. The van der Waals surface area contributed by atoms with Gasteiger partial charge in [0.25, 0.3) is 0 Å². The highest BCUT2D eigenvalue weighted by molar-refractivity contribution is 9.10. The SMILES string of the molecule is Cc1ccc(OCCOCc2ccccc2)c(Br)c1C=O. The van der Waals surface area contributed by atoms with E-state index < -0.39 is 0 Å². The Morgan fingerprint density at radius 1 is 1.10 bits per heavy atom. The van der Waals surface area contributed by atoms with E-state index in [2.05, 4.69) is 15.9 Å². The fraction of sp³-hybridized carbons (Fsp3) is 0.235. The Morgan fingerprint density at radius 2 is 1.86 bits per heavy atom. The first-order chi connectivity index (χ1) is 10.2. The zero-order chi connectivity index (χ0) is 15.1. The summed E-state index contributed by atoms with van der Waals surface area (Å²) in [5.74, 6) is 0.658. The van der Waals surface area contributed by atoms with Crippen LogP contribution in [0.2, 0.25) is 0 Å². The van der Waals surface area contributed by atoms with Crippen LogP contribution in [-0.4, -0.2) is 19.5 Å². The third kappa shape index (κ3) is 4.41. The average Bonchev–Trinajstić information content (AvgIpc) is 2.50. The van der Waals surface area contributed by atoms with E-state index in [1.165, 1.54) is 0 Å². The van der Waals surface area contributed by atoms with Gasteiger partial charge in [-0.05, 0) is 40.0 Å². The molecule has 0 unspecified atom stereocenters. The minimum Gasteiger partial charge on any atom is -0.490 e. The van der Waals surface area contributed by atoms with Gasteiger partial charge in [0.1, 0.15) is 12.4 Å². The van der Waals surface area contributed by atoms with Gasteiger partial charge in [0.05, 0.1) is 17.7 Å². The number of benzene rings is 2. The number of halogens is 1. The summed E-state index contributed by atoms with van der Waals surface area (Å²) in [6, 6.07) is 13.7. The van der Waals surface area contributed by atoms with Crippen LogP contribution in [0.5, 0.6) is 5.75 Å². The van der Waals surface area contributed by atoms with Gasteiger partial charge in [0.15, 0.2) is 6.29 Å². The van der Waals surface area contributed by atoms with Gasteiger partial charge >= 0.3 is 0 Å².